The zero-order valence-corrected chi connectivity index (χ0v) is 14.1. The third-order valence-electron chi connectivity index (χ3n) is 4.20. The van der Waals surface area contributed by atoms with Gasteiger partial charge in [-0.25, -0.2) is 14.6 Å². The van der Waals surface area contributed by atoms with Gasteiger partial charge in [-0.2, -0.15) is 14.9 Å². The molecule has 132 valence electrons. The fraction of sp³-hybridized carbons (Fsp3) is 0.176. The van der Waals surface area contributed by atoms with Crippen LogP contribution in [0.1, 0.15) is 18.5 Å². The molecule has 4 aromatic rings. The standard InChI is InChI=1S/C17H14N10/c18-5-14-8-21-17-15(23-11-1-2-11)4-16(25-27(14)17)24-12-3-13(7-19-6-12)26-10-20-9-22-26/h3-4,6-11,23H,1-2H2,(H,24,25). The summed E-state index contributed by atoms with van der Waals surface area (Å²) in [5, 5.41) is 24.6. The molecule has 10 nitrogen and oxygen atoms in total. The van der Waals surface area contributed by atoms with Gasteiger partial charge < -0.3 is 10.6 Å². The van der Waals surface area contributed by atoms with Crippen LogP contribution in [0.2, 0.25) is 0 Å². The van der Waals surface area contributed by atoms with Crippen molar-refractivity contribution in [2.24, 2.45) is 0 Å². The van der Waals surface area contributed by atoms with Gasteiger partial charge >= 0.3 is 0 Å². The Balaban J connectivity index is 1.53. The summed E-state index contributed by atoms with van der Waals surface area (Å²) in [5.74, 6) is 0.581. The highest BCUT2D eigenvalue weighted by Crippen LogP contribution is 2.29. The second-order valence-corrected chi connectivity index (χ2v) is 6.25. The van der Waals surface area contributed by atoms with Gasteiger partial charge in [0.1, 0.15) is 18.7 Å². The van der Waals surface area contributed by atoms with Gasteiger partial charge in [-0.05, 0) is 18.9 Å². The molecule has 4 heterocycles. The minimum Gasteiger partial charge on any atom is -0.379 e. The molecule has 0 spiro atoms. The molecular weight excluding hydrogens is 344 g/mol. The number of imidazole rings is 1. The van der Waals surface area contributed by atoms with Crippen molar-refractivity contribution >= 4 is 22.8 Å². The van der Waals surface area contributed by atoms with Gasteiger partial charge in [-0.1, -0.05) is 0 Å². The summed E-state index contributed by atoms with van der Waals surface area (Å²) in [7, 11) is 0. The van der Waals surface area contributed by atoms with Crippen molar-refractivity contribution in [1.82, 2.24) is 34.3 Å². The third-order valence-corrected chi connectivity index (χ3v) is 4.20. The lowest BCUT2D eigenvalue weighted by Gasteiger charge is -2.11. The summed E-state index contributed by atoms with van der Waals surface area (Å²) in [6, 6.07) is 6.35. The summed E-state index contributed by atoms with van der Waals surface area (Å²) >= 11 is 0. The summed E-state index contributed by atoms with van der Waals surface area (Å²) in [6.45, 7) is 0. The van der Waals surface area contributed by atoms with Gasteiger partial charge in [0.2, 0.25) is 0 Å². The van der Waals surface area contributed by atoms with Crippen LogP contribution in [0, 0.1) is 11.3 Å². The molecule has 0 aromatic carbocycles. The zero-order valence-electron chi connectivity index (χ0n) is 14.1. The first kappa shape index (κ1) is 15.3. The highest BCUT2D eigenvalue weighted by atomic mass is 15.3. The van der Waals surface area contributed by atoms with Crippen LogP contribution in [0.3, 0.4) is 0 Å². The first-order chi connectivity index (χ1) is 13.3. The largest absolute Gasteiger partial charge is 0.379 e. The molecular formula is C17H14N10. The van der Waals surface area contributed by atoms with Gasteiger partial charge in [-0.15, -0.1) is 5.10 Å². The van der Waals surface area contributed by atoms with Crippen LogP contribution in [0.5, 0.6) is 0 Å². The first-order valence-electron chi connectivity index (χ1n) is 8.42. The molecule has 0 atom stereocenters. The van der Waals surface area contributed by atoms with Crippen molar-refractivity contribution in [1.29, 1.82) is 5.26 Å². The summed E-state index contributed by atoms with van der Waals surface area (Å²) in [6.07, 6.45) is 10.2. The van der Waals surface area contributed by atoms with Crippen LogP contribution < -0.4 is 10.6 Å². The Bertz CT molecular complexity index is 1150. The molecule has 1 saturated carbocycles. The number of nitrogens with one attached hydrogen (secondary N) is 2. The minimum atomic E-state index is 0.377. The molecule has 1 aliphatic rings. The van der Waals surface area contributed by atoms with E-state index in [0.717, 1.165) is 29.9 Å². The molecule has 27 heavy (non-hydrogen) atoms. The predicted molar refractivity (Wildman–Crippen MR) is 96.8 cm³/mol. The summed E-state index contributed by atoms with van der Waals surface area (Å²) in [4.78, 5) is 12.5. The maximum Gasteiger partial charge on any atom is 0.178 e. The first-order valence-corrected chi connectivity index (χ1v) is 8.42. The van der Waals surface area contributed by atoms with Crippen LogP contribution >= 0.6 is 0 Å². The quantitative estimate of drug-likeness (QED) is 0.555. The van der Waals surface area contributed by atoms with Crippen LogP contribution in [0.25, 0.3) is 11.3 Å². The number of hydrogen-bond donors (Lipinski definition) is 2. The fourth-order valence-corrected chi connectivity index (χ4v) is 2.77. The second-order valence-electron chi connectivity index (χ2n) is 6.25. The van der Waals surface area contributed by atoms with Crippen molar-refractivity contribution in [2.45, 2.75) is 18.9 Å². The van der Waals surface area contributed by atoms with E-state index in [1.165, 1.54) is 12.5 Å². The molecule has 0 aliphatic heterocycles. The number of rotatable bonds is 5. The number of fused-ring (bicyclic) bond motifs is 1. The van der Waals surface area contributed by atoms with Crippen LogP contribution in [-0.4, -0.2) is 40.4 Å². The van der Waals surface area contributed by atoms with Crippen molar-refractivity contribution < 1.29 is 0 Å². The van der Waals surface area contributed by atoms with E-state index in [1.54, 1.807) is 27.9 Å². The molecule has 0 radical (unpaired) electrons. The van der Waals surface area contributed by atoms with Gasteiger partial charge in [-0.3, -0.25) is 4.98 Å². The van der Waals surface area contributed by atoms with E-state index in [9.17, 15) is 5.26 Å². The van der Waals surface area contributed by atoms with Gasteiger partial charge in [0.15, 0.2) is 17.2 Å². The molecule has 10 heteroatoms. The van der Waals surface area contributed by atoms with Crippen molar-refractivity contribution in [3.05, 3.63) is 49.1 Å². The number of hydrogen-bond acceptors (Lipinski definition) is 8. The smallest absolute Gasteiger partial charge is 0.178 e. The molecule has 4 aromatic heterocycles. The Morgan fingerprint density at radius 3 is 2.85 bits per heavy atom. The predicted octanol–water partition coefficient (Wildman–Crippen LogP) is 1.89. The van der Waals surface area contributed by atoms with E-state index in [4.69, 9.17) is 0 Å². The normalized spacial score (nSPS) is 13.4. The number of nitriles is 1. The zero-order chi connectivity index (χ0) is 18.2. The Morgan fingerprint density at radius 1 is 1.15 bits per heavy atom. The number of aromatic nitrogens is 7. The Labute approximate surface area is 153 Å². The van der Waals surface area contributed by atoms with E-state index < -0.39 is 0 Å². The van der Waals surface area contributed by atoms with Gasteiger partial charge in [0.25, 0.3) is 0 Å². The van der Waals surface area contributed by atoms with E-state index in [2.05, 4.69) is 41.9 Å². The van der Waals surface area contributed by atoms with Crippen molar-refractivity contribution in [3.8, 4) is 11.8 Å². The van der Waals surface area contributed by atoms with Crippen LogP contribution in [0.4, 0.5) is 17.2 Å². The molecule has 1 aliphatic carbocycles. The van der Waals surface area contributed by atoms with E-state index >= 15 is 0 Å². The number of pyridine rings is 1. The lowest BCUT2D eigenvalue weighted by molar-refractivity contribution is 0.872. The number of anilines is 3. The highest BCUT2D eigenvalue weighted by Gasteiger charge is 2.23. The summed E-state index contributed by atoms with van der Waals surface area (Å²) in [5.41, 5.74) is 3.37. The average molecular weight is 358 g/mol. The fourth-order valence-electron chi connectivity index (χ4n) is 2.77. The Morgan fingerprint density at radius 2 is 2.07 bits per heavy atom. The summed E-state index contributed by atoms with van der Waals surface area (Å²) < 4.78 is 3.17. The molecule has 1 fully saturated rings. The molecule has 0 bridgehead atoms. The van der Waals surface area contributed by atoms with Crippen LogP contribution in [0.15, 0.2) is 43.4 Å². The topological polar surface area (TPSA) is 122 Å². The highest BCUT2D eigenvalue weighted by molar-refractivity contribution is 5.73. The second kappa shape index (κ2) is 6.06. The van der Waals surface area contributed by atoms with E-state index in [-0.39, 0.29) is 0 Å². The van der Waals surface area contributed by atoms with E-state index in [0.29, 0.717) is 23.2 Å². The molecule has 0 amide bonds. The molecule has 2 N–H and O–H groups in total. The van der Waals surface area contributed by atoms with Crippen molar-refractivity contribution in [3.63, 3.8) is 0 Å². The lowest BCUT2D eigenvalue weighted by Crippen LogP contribution is -2.08. The average Bonchev–Trinajstić information content (AvgIpc) is 3.18. The van der Waals surface area contributed by atoms with Crippen LogP contribution in [-0.2, 0) is 0 Å². The molecule has 0 unspecified atom stereocenters. The molecule has 0 saturated heterocycles. The van der Waals surface area contributed by atoms with Gasteiger partial charge in [0.05, 0.1) is 35.7 Å². The van der Waals surface area contributed by atoms with E-state index in [1.807, 2.05) is 12.1 Å². The van der Waals surface area contributed by atoms with Gasteiger partial charge in [0, 0.05) is 12.1 Å². The van der Waals surface area contributed by atoms with Crippen molar-refractivity contribution in [2.75, 3.05) is 10.6 Å². The molecule has 5 rings (SSSR count). The Kier molecular flexibility index (Phi) is 3.43. The minimum absolute atomic E-state index is 0.377. The third kappa shape index (κ3) is 2.91. The SMILES string of the molecule is N#Cc1cnc2c(NC3CC3)cc(Nc3cncc(-n4cncn4)c3)nn12. The maximum atomic E-state index is 9.32. The monoisotopic (exact) mass is 358 g/mol. The Hall–Kier alpha value is -4.00. The lowest BCUT2D eigenvalue weighted by atomic mass is 10.3. The number of nitrogens with zero attached hydrogens (tertiary/aromatic N) is 8. The maximum absolute atomic E-state index is 9.32.